The van der Waals surface area contributed by atoms with Crippen LogP contribution in [0, 0.1) is 0 Å². The highest BCUT2D eigenvalue weighted by Crippen LogP contribution is 2.60. The third kappa shape index (κ3) is 2.61. The van der Waals surface area contributed by atoms with Gasteiger partial charge in [0.15, 0.2) is 0 Å². The maximum absolute atomic E-state index is 13.4. The van der Waals surface area contributed by atoms with E-state index in [1.807, 2.05) is 0 Å². The van der Waals surface area contributed by atoms with Crippen LogP contribution in [0.5, 0.6) is 0 Å². The van der Waals surface area contributed by atoms with Crippen LogP contribution in [0.2, 0.25) is 0 Å². The average Bonchev–Trinajstić information content (AvgIpc) is 3.18. The minimum absolute atomic E-state index is 0.0452. The molecule has 0 bridgehead atoms. The van der Waals surface area contributed by atoms with Gasteiger partial charge in [-0.1, -0.05) is 60.7 Å². The zero-order valence-corrected chi connectivity index (χ0v) is 16.8. The Labute approximate surface area is 177 Å². The normalized spacial score (nSPS) is 24.2. The molecule has 3 aromatic rings. The molecular weight excluding hydrogens is 427 g/mol. The summed E-state index contributed by atoms with van der Waals surface area (Å²) in [6.45, 7) is 0. The van der Waals surface area contributed by atoms with E-state index in [0.717, 1.165) is 16.4 Å². The minimum Gasteiger partial charge on any atom is -0.274 e. The number of carbonyl (C=O) groups excluding carboxylic acids is 1. The van der Waals surface area contributed by atoms with E-state index < -0.39 is 39.1 Å². The molecule has 2 aliphatic heterocycles. The first-order valence-electron chi connectivity index (χ1n) is 9.59. The fourth-order valence-electron chi connectivity index (χ4n) is 4.90. The van der Waals surface area contributed by atoms with E-state index in [-0.39, 0.29) is 11.3 Å². The number of sulfonamides is 1. The van der Waals surface area contributed by atoms with Crippen molar-refractivity contribution >= 4 is 15.9 Å². The van der Waals surface area contributed by atoms with E-state index in [0.29, 0.717) is 16.7 Å². The van der Waals surface area contributed by atoms with Crippen molar-refractivity contribution in [3.05, 3.63) is 101 Å². The van der Waals surface area contributed by atoms with Gasteiger partial charge in [0.05, 0.1) is 10.5 Å². The van der Waals surface area contributed by atoms with Crippen molar-refractivity contribution in [3.8, 4) is 0 Å². The molecule has 0 radical (unpaired) electrons. The Morgan fingerprint density at radius 1 is 0.871 bits per heavy atom. The molecule has 2 aliphatic rings. The van der Waals surface area contributed by atoms with Gasteiger partial charge in [-0.05, 0) is 29.3 Å². The Bertz CT molecular complexity index is 1290. The predicted molar refractivity (Wildman–Crippen MR) is 106 cm³/mol. The Balaban J connectivity index is 1.81. The van der Waals surface area contributed by atoms with Crippen molar-refractivity contribution in [2.75, 3.05) is 0 Å². The summed E-state index contributed by atoms with van der Waals surface area (Å²) < 4.78 is 66.9. The zero-order chi connectivity index (χ0) is 22.0. The maximum atomic E-state index is 13.4. The molecule has 1 saturated heterocycles. The van der Waals surface area contributed by atoms with Gasteiger partial charge in [0.25, 0.3) is 10.0 Å². The zero-order valence-electron chi connectivity index (χ0n) is 16.0. The van der Waals surface area contributed by atoms with Crippen LogP contribution >= 0.6 is 0 Å². The van der Waals surface area contributed by atoms with E-state index in [9.17, 15) is 26.4 Å². The van der Waals surface area contributed by atoms with Gasteiger partial charge in [-0.3, -0.25) is 4.79 Å². The molecule has 0 saturated carbocycles. The smallest absolute Gasteiger partial charge is 0.274 e. The predicted octanol–water partition coefficient (Wildman–Crippen LogP) is 4.67. The van der Waals surface area contributed by atoms with Crippen LogP contribution in [0.4, 0.5) is 13.2 Å². The summed E-state index contributed by atoms with van der Waals surface area (Å²) in [5, 5.41) is 0. The van der Waals surface area contributed by atoms with Gasteiger partial charge in [-0.25, -0.2) is 12.7 Å². The molecule has 31 heavy (non-hydrogen) atoms. The molecule has 158 valence electrons. The summed E-state index contributed by atoms with van der Waals surface area (Å²) in [5.74, 6) is -1.26. The number of halogens is 3. The molecule has 0 aromatic heterocycles. The van der Waals surface area contributed by atoms with Gasteiger partial charge in [0, 0.05) is 17.9 Å². The number of rotatable bonds is 2. The van der Waals surface area contributed by atoms with Gasteiger partial charge in [-0.15, -0.1) is 0 Å². The molecular formula is C23H16F3NO3S. The van der Waals surface area contributed by atoms with Gasteiger partial charge in [0.1, 0.15) is 5.54 Å². The van der Waals surface area contributed by atoms with Gasteiger partial charge in [-0.2, -0.15) is 13.2 Å². The van der Waals surface area contributed by atoms with Gasteiger partial charge < -0.3 is 0 Å². The van der Waals surface area contributed by atoms with Crippen LogP contribution in [-0.4, -0.2) is 18.6 Å². The quantitative estimate of drug-likeness (QED) is 0.579. The Kier molecular flexibility index (Phi) is 4.11. The van der Waals surface area contributed by atoms with Crippen LogP contribution < -0.4 is 0 Å². The fraction of sp³-hybridized carbons (Fsp3) is 0.174. The number of amides is 1. The molecule has 1 fully saturated rings. The molecule has 4 nitrogen and oxygen atoms in total. The highest BCUT2D eigenvalue weighted by molar-refractivity contribution is 7.90. The second kappa shape index (κ2) is 6.43. The lowest BCUT2D eigenvalue weighted by atomic mass is 9.71. The van der Waals surface area contributed by atoms with E-state index >= 15 is 0 Å². The number of alkyl halides is 3. The molecule has 1 amide bonds. The number of benzene rings is 3. The van der Waals surface area contributed by atoms with Crippen molar-refractivity contribution in [1.82, 2.24) is 4.31 Å². The number of fused-ring (bicyclic) bond motifs is 3. The molecule has 5 rings (SSSR count). The van der Waals surface area contributed by atoms with Crippen LogP contribution in [0.1, 0.15) is 34.6 Å². The van der Waals surface area contributed by atoms with Crippen molar-refractivity contribution in [1.29, 1.82) is 0 Å². The lowest BCUT2D eigenvalue weighted by Crippen LogP contribution is -2.44. The molecule has 0 spiro atoms. The molecule has 8 heteroatoms. The van der Waals surface area contributed by atoms with E-state index in [2.05, 4.69) is 0 Å². The number of hydrogen-bond acceptors (Lipinski definition) is 3. The lowest BCUT2D eigenvalue weighted by molar-refractivity contribution is -0.137. The summed E-state index contributed by atoms with van der Waals surface area (Å²) in [7, 11) is -4.11. The Hall–Kier alpha value is -3.13. The Morgan fingerprint density at radius 2 is 1.48 bits per heavy atom. The van der Waals surface area contributed by atoms with Gasteiger partial charge in [0.2, 0.25) is 5.91 Å². The summed E-state index contributed by atoms with van der Waals surface area (Å²) in [6, 6.07) is 19.8. The van der Waals surface area contributed by atoms with Crippen molar-refractivity contribution < 1.29 is 26.4 Å². The number of carbonyl (C=O) groups is 1. The molecule has 0 N–H and O–H groups in total. The highest BCUT2D eigenvalue weighted by atomic mass is 32.2. The van der Waals surface area contributed by atoms with E-state index in [1.165, 1.54) is 18.2 Å². The van der Waals surface area contributed by atoms with Crippen molar-refractivity contribution in [2.45, 2.75) is 28.9 Å². The second-order valence-corrected chi connectivity index (χ2v) is 9.42. The van der Waals surface area contributed by atoms with E-state index in [4.69, 9.17) is 0 Å². The molecule has 0 aliphatic carbocycles. The summed E-state index contributed by atoms with van der Waals surface area (Å²) in [4.78, 5) is 13.1. The SMILES string of the molecule is O=C1C[C@H](c2ccc(C(F)(F)F)cc2)[C@@]2(c3ccccc3)c3ccccc3S(=O)(=O)N12. The van der Waals surface area contributed by atoms with Crippen molar-refractivity contribution in [3.63, 3.8) is 0 Å². The summed E-state index contributed by atoms with van der Waals surface area (Å²) in [5.41, 5.74) is -0.630. The third-order valence-electron chi connectivity index (χ3n) is 6.10. The van der Waals surface area contributed by atoms with Crippen molar-refractivity contribution in [2.24, 2.45) is 0 Å². The Morgan fingerprint density at radius 3 is 2.13 bits per heavy atom. The minimum atomic E-state index is -4.49. The highest BCUT2D eigenvalue weighted by Gasteiger charge is 2.65. The molecule has 0 unspecified atom stereocenters. The fourth-order valence-corrected chi connectivity index (χ4v) is 6.90. The standard InChI is InChI=1S/C23H16F3NO3S/c24-23(25,26)17-12-10-15(11-13-17)19-14-21(28)27-22(19,16-6-2-1-3-7-16)18-8-4-5-9-20(18)31(27,29)30/h1-13,19H,14H2/t19-,22-/m1/s1. The largest absolute Gasteiger partial charge is 0.416 e. The lowest BCUT2D eigenvalue weighted by Gasteiger charge is -2.37. The molecule has 2 heterocycles. The van der Waals surface area contributed by atoms with Crippen LogP contribution in [-0.2, 0) is 26.5 Å². The van der Waals surface area contributed by atoms with E-state index in [1.54, 1.807) is 48.5 Å². The monoisotopic (exact) mass is 443 g/mol. The second-order valence-electron chi connectivity index (χ2n) is 7.67. The topological polar surface area (TPSA) is 54.5 Å². The van der Waals surface area contributed by atoms with Crippen LogP contribution in [0.3, 0.4) is 0 Å². The summed E-state index contributed by atoms with van der Waals surface area (Å²) in [6.07, 6.45) is -4.62. The molecule has 2 atom stereocenters. The maximum Gasteiger partial charge on any atom is 0.416 e. The first-order valence-corrected chi connectivity index (χ1v) is 11.0. The average molecular weight is 443 g/mol. The number of hydrogen-bond donors (Lipinski definition) is 0. The third-order valence-corrected chi connectivity index (χ3v) is 7.98. The first kappa shape index (κ1) is 19.8. The van der Waals surface area contributed by atoms with Crippen LogP contribution in [0.15, 0.2) is 83.8 Å². The van der Waals surface area contributed by atoms with Crippen LogP contribution in [0.25, 0.3) is 0 Å². The number of nitrogens with zero attached hydrogens (tertiary/aromatic N) is 1. The van der Waals surface area contributed by atoms with Gasteiger partial charge >= 0.3 is 6.18 Å². The first-order chi connectivity index (χ1) is 14.7. The summed E-state index contributed by atoms with van der Waals surface area (Å²) >= 11 is 0. The molecule has 3 aromatic carbocycles.